The zero-order valence-electron chi connectivity index (χ0n) is 11.4. The summed E-state index contributed by atoms with van der Waals surface area (Å²) in [6, 6.07) is -0.314. The van der Waals surface area contributed by atoms with E-state index in [1.807, 2.05) is 13.2 Å². The molecule has 5 nitrogen and oxygen atoms in total. The van der Waals surface area contributed by atoms with E-state index in [1.54, 1.807) is 17.9 Å². The van der Waals surface area contributed by atoms with Crippen molar-refractivity contribution in [2.24, 2.45) is 12.5 Å². The summed E-state index contributed by atoms with van der Waals surface area (Å²) in [5, 5.41) is 10.2. The molecular formula is C13H22N4O. The minimum atomic E-state index is -0.314. The van der Waals surface area contributed by atoms with Crippen LogP contribution in [0.15, 0.2) is 12.4 Å². The Bertz CT molecular complexity index is 422. The van der Waals surface area contributed by atoms with Crippen LogP contribution in [-0.2, 0) is 11.8 Å². The zero-order chi connectivity index (χ0) is 13.2. The van der Waals surface area contributed by atoms with E-state index in [1.165, 1.54) is 12.8 Å². The summed E-state index contributed by atoms with van der Waals surface area (Å²) in [6.07, 6.45) is 7.22. The molecule has 5 heteroatoms. The molecule has 1 saturated carbocycles. The Hall–Kier alpha value is -1.36. The first-order valence-corrected chi connectivity index (χ1v) is 6.54. The summed E-state index contributed by atoms with van der Waals surface area (Å²) in [4.78, 5) is 12.2. The summed E-state index contributed by atoms with van der Waals surface area (Å²) < 4.78 is 1.71. The molecule has 0 saturated heterocycles. The van der Waals surface area contributed by atoms with Crippen LogP contribution >= 0.6 is 0 Å². The second kappa shape index (κ2) is 5.10. The summed E-state index contributed by atoms with van der Waals surface area (Å²) in [5.74, 6) is 0.0326. The number of carbonyl (C=O) groups is 1. The summed E-state index contributed by atoms with van der Waals surface area (Å²) in [7, 11) is 3.65. The van der Waals surface area contributed by atoms with Crippen molar-refractivity contribution >= 4 is 5.91 Å². The Labute approximate surface area is 108 Å². The lowest BCUT2D eigenvalue weighted by molar-refractivity contribution is -0.123. The maximum absolute atomic E-state index is 12.2. The van der Waals surface area contributed by atoms with E-state index in [0.717, 1.165) is 18.5 Å². The number of likely N-dealkylation sites (N-methyl/N-ethyl adjacent to an activating group) is 1. The highest BCUT2D eigenvalue weighted by molar-refractivity contribution is 5.83. The highest BCUT2D eigenvalue weighted by Crippen LogP contribution is 2.47. The monoisotopic (exact) mass is 250 g/mol. The molecule has 0 aliphatic heterocycles. The molecule has 1 aliphatic rings. The number of carbonyl (C=O) groups excluding carboxylic acids is 1. The van der Waals surface area contributed by atoms with Crippen molar-refractivity contribution < 1.29 is 4.79 Å². The zero-order valence-corrected chi connectivity index (χ0v) is 11.4. The van der Waals surface area contributed by atoms with E-state index in [0.29, 0.717) is 5.41 Å². The number of nitrogens with one attached hydrogen (secondary N) is 2. The van der Waals surface area contributed by atoms with E-state index in [-0.39, 0.29) is 11.9 Å². The molecule has 1 aromatic rings. The second-order valence-corrected chi connectivity index (χ2v) is 5.24. The van der Waals surface area contributed by atoms with Crippen LogP contribution in [0, 0.1) is 5.41 Å². The van der Waals surface area contributed by atoms with Crippen LogP contribution in [0.2, 0.25) is 0 Å². The van der Waals surface area contributed by atoms with Gasteiger partial charge in [0.25, 0.3) is 0 Å². The molecular weight excluding hydrogens is 228 g/mol. The van der Waals surface area contributed by atoms with Gasteiger partial charge < -0.3 is 10.6 Å². The average molecular weight is 250 g/mol. The molecule has 18 heavy (non-hydrogen) atoms. The first kappa shape index (κ1) is 13.1. The SMILES string of the molecule is CCC1(CNC(=O)C(NC)c2cnn(C)c2)CC1. The number of hydrogen-bond donors (Lipinski definition) is 2. The molecule has 1 heterocycles. The predicted molar refractivity (Wildman–Crippen MR) is 70.0 cm³/mol. The van der Waals surface area contributed by atoms with Gasteiger partial charge in [0, 0.05) is 25.4 Å². The highest BCUT2D eigenvalue weighted by Gasteiger charge is 2.41. The molecule has 0 bridgehead atoms. The van der Waals surface area contributed by atoms with Crippen LogP contribution in [0.3, 0.4) is 0 Å². The van der Waals surface area contributed by atoms with Crippen molar-refractivity contribution in [1.29, 1.82) is 0 Å². The molecule has 1 aromatic heterocycles. The molecule has 1 fully saturated rings. The van der Waals surface area contributed by atoms with Gasteiger partial charge in [0.15, 0.2) is 0 Å². The smallest absolute Gasteiger partial charge is 0.241 e. The van der Waals surface area contributed by atoms with Crippen molar-refractivity contribution in [3.63, 3.8) is 0 Å². The highest BCUT2D eigenvalue weighted by atomic mass is 16.2. The fourth-order valence-electron chi connectivity index (χ4n) is 2.25. The number of amides is 1. The average Bonchev–Trinajstić information content (AvgIpc) is 3.04. The molecule has 100 valence electrons. The Morgan fingerprint density at radius 2 is 2.33 bits per heavy atom. The first-order valence-electron chi connectivity index (χ1n) is 6.54. The Balaban J connectivity index is 1.93. The van der Waals surface area contributed by atoms with E-state index < -0.39 is 0 Å². The van der Waals surface area contributed by atoms with Gasteiger partial charge in [0.1, 0.15) is 6.04 Å². The Kier molecular flexibility index (Phi) is 3.71. The second-order valence-electron chi connectivity index (χ2n) is 5.24. The van der Waals surface area contributed by atoms with Crippen LogP contribution in [0.5, 0.6) is 0 Å². The lowest BCUT2D eigenvalue weighted by Crippen LogP contribution is -2.38. The van der Waals surface area contributed by atoms with Crippen LogP contribution < -0.4 is 10.6 Å². The largest absolute Gasteiger partial charge is 0.354 e. The van der Waals surface area contributed by atoms with E-state index in [2.05, 4.69) is 22.7 Å². The van der Waals surface area contributed by atoms with Gasteiger partial charge in [0.2, 0.25) is 5.91 Å². The lowest BCUT2D eigenvalue weighted by Gasteiger charge is -2.18. The molecule has 1 aliphatic carbocycles. The maximum Gasteiger partial charge on any atom is 0.241 e. The number of aryl methyl sites for hydroxylation is 1. The fourth-order valence-corrected chi connectivity index (χ4v) is 2.25. The lowest BCUT2D eigenvalue weighted by atomic mass is 10.0. The molecule has 0 aromatic carbocycles. The minimum Gasteiger partial charge on any atom is -0.354 e. The van der Waals surface area contributed by atoms with Crippen molar-refractivity contribution in [3.05, 3.63) is 18.0 Å². The third-order valence-electron chi connectivity index (χ3n) is 3.95. The predicted octanol–water partition coefficient (Wildman–Crippen LogP) is 0.987. The fraction of sp³-hybridized carbons (Fsp3) is 0.692. The number of rotatable bonds is 6. The van der Waals surface area contributed by atoms with Crippen LogP contribution in [0.25, 0.3) is 0 Å². The topological polar surface area (TPSA) is 59.0 Å². The number of nitrogens with zero attached hydrogens (tertiary/aromatic N) is 2. The summed E-state index contributed by atoms with van der Waals surface area (Å²) >= 11 is 0. The molecule has 1 amide bonds. The van der Waals surface area contributed by atoms with Gasteiger partial charge in [-0.15, -0.1) is 0 Å². The van der Waals surface area contributed by atoms with Gasteiger partial charge in [-0.25, -0.2) is 0 Å². The van der Waals surface area contributed by atoms with Crippen molar-refractivity contribution in [2.45, 2.75) is 32.2 Å². The van der Waals surface area contributed by atoms with Crippen LogP contribution in [-0.4, -0.2) is 29.3 Å². The van der Waals surface area contributed by atoms with E-state index in [4.69, 9.17) is 0 Å². The van der Waals surface area contributed by atoms with Gasteiger partial charge in [-0.1, -0.05) is 6.92 Å². The molecule has 2 rings (SSSR count). The standard InChI is InChI=1S/C13H22N4O/c1-4-13(5-6-13)9-15-12(18)11(14-2)10-7-16-17(3)8-10/h7-8,11,14H,4-6,9H2,1-3H3,(H,15,18). The normalized spacial score (nSPS) is 18.4. The first-order chi connectivity index (χ1) is 8.60. The van der Waals surface area contributed by atoms with Gasteiger partial charge in [-0.05, 0) is 31.7 Å². The van der Waals surface area contributed by atoms with Gasteiger partial charge in [0.05, 0.1) is 6.20 Å². The Morgan fingerprint density at radius 3 is 2.78 bits per heavy atom. The summed E-state index contributed by atoms with van der Waals surface area (Å²) in [5.41, 5.74) is 1.28. The van der Waals surface area contributed by atoms with E-state index >= 15 is 0 Å². The van der Waals surface area contributed by atoms with Crippen molar-refractivity contribution in [1.82, 2.24) is 20.4 Å². The number of aromatic nitrogens is 2. The van der Waals surface area contributed by atoms with Crippen LogP contribution in [0.4, 0.5) is 0 Å². The van der Waals surface area contributed by atoms with Gasteiger partial charge in [-0.2, -0.15) is 5.10 Å². The van der Waals surface area contributed by atoms with Gasteiger partial charge >= 0.3 is 0 Å². The summed E-state index contributed by atoms with van der Waals surface area (Å²) in [6.45, 7) is 2.98. The maximum atomic E-state index is 12.2. The molecule has 2 N–H and O–H groups in total. The molecule has 0 radical (unpaired) electrons. The Morgan fingerprint density at radius 1 is 1.61 bits per heavy atom. The van der Waals surface area contributed by atoms with Gasteiger partial charge in [-0.3, -0.25) is 9.48 Å². The minimum absolute atomic E-state index is 0.0326. The molecule has 1 atom stereocenters. The van der Waals surface area contributed by atoms with Crippen LogP contribution in [0.1, 0.15) is 37.8 Å². The third kappa shape index (κ3) is 2.72. The third-order valence-corrected chi connectivity index (χ3v) is 3.95. The quantitative estimate of drug-likeness (QED) is 0.791. The van der Waals surface area contributed by atoms with Crippen molar-refractivity contribution in [2.75, 3.05) is 13.6 Å². The molecule has 1 unspecified atom stereocenters. The molecule has 0 spiro atoms. The van der Waals surface area contributed by atoms with Crippen molar-refractivity contribution in [3.8, 4) is 0 Å². The van der Waals surface area contributed by atoms with E-state index in [9.17, 15) is 4.79 Å². The number of hydrogen-bond acceptors (Lipinski definition) is 3.